The average molecular weight is 416 g/mol. The fourth-order valence-corrected chi connectivity index (χ4v) is 3.18. The largest absolute Gasteiger partial charge is 0.454 e. The lowest BCUT2D eigenvalue weighted by molar-refractivity contribution is -0.117. The van der Waals surface area contributed by atoms with Crippen molar-refractivity contribution in [3.8, 4) is 0 Å². The highest BCUT2D eigenvalue weighted by Gasteiger charge is 2.39. The summed E-state index contributed by atoms with van der Waals surface area (Å²) in [6, 6.07) is 4.43. The first-order valence-electron chi connectivity index (χ1n) is 9.44. The van der Waals surface area contributed by atoms with Crippen LogP contribution in [0.15, 0.2) is 54.4 Å². The highest BCUT2D eigenvalue weighted by molar-refractivity contribution is 6.01. The number of aromatic nitrogens is 2. The van der Waals surface area contributed by atoms with E-state index < -0.39 is 23.6 Å². The molecule has 4 rings (SSSR count). The third kappa shape index (κ3) is 4.14. The van der Waals surface area contributed by atoms with E-state index in [2.05, 4.69) is 15.7 Å². The maximum atomic E-state index is 12.7. The van der Waals surface area contributed by atoms with E-state index in [0.717, 1.165) is 41.8 Å². The number of hydrogen-bond acceptors (Lipinski definition) is 4. The molecule has 1 amide bonds. The molecule has 1 fully saturated rings. The van der Waals surface area contributed by atoms with E-state index in [4.69, 9.17) is 0 Å². The highest BCUT2D eigenvalue weighted by atomic mass is 19.4. The van der Waals surface area contributed by atoms with Crippen molar-refractivity contribution in [1.82, 2.24) is 15.1 Å². The minimum atomic E-state index is -4.94. The molecule has 30 heavy (non-hydrogen) atoms. The predicted octanol–water partition coefficient (Wildman–Crippen LogP) is 3.86. The lowest BCUT2D eigenvalue weighted by Crippen LogP contribution is -2.41. The van der Waals surface area contributed by atoms with Crippen LogP contribution in [0.4, 0.5) is 18.9 Å². The first-order valence-corrected chi connectivity index (χ1v) is 9.44. The summed E-state index contributed by atoms with van der Waals surface area (Å²) in [5, 5.41) is 10.2. The van der Waals surface area contributed by atoms with Crippen molar-refractivity contribution < 1.29 is 22.8 Å². The molecule has 2 aromatic rings. The number of carbonyl (C=O) groups is 2. The first-order chi connectivity index (χ1) is 14.2. The number of amides is 1. The summed E-state index contributed by atoms with van der Waals surface area (Å²) < 4.78 is 39.5. The van der Waals surface area contributed by atoms with Crippen LogP contribution in [0.25, 0.3) is 5.70 Å². The van der Waals surface area contributed by atoms with Gasteiger partial charge in [0, 0.05) is 28.7 Å². The minimum absolute atomic E-state index is 0.297. The van der Waals surface area contributed by atoms with Crippen LogP contribution >= 0.6 is 0 Å². The Morgan fingerprint density at radius 2 is 1.87 bits per heavy atom. The lowest BCUT2D eigenvalue weighted by Gasteiger charge is -2.24. The molecule has 0 saturated heterocycles. The van der Waals surface area contributed by atoms with E-state index in [1.54, 1.807) is 6.20 Å². The van der Waals surface area contributed by atoms with Gasteiger partial charge in [0.05, 0.1) is 12.2 Å². The van der Waals surface area contributed by atoms with Crippen molar-refractivity contribution in [2.45, 2.75) is 38.0 Å². The first kappa shape index (κ1) is 19.9. The Kier molecular flexibility index (Phi) is 4.97. The average Bonchev–Trinajstić information content (AvgIpc) is 3.44. The fourth-order valence-electron chi connectivity index (χ4n) is 3.18. The van der Waals surface area contributed by atoms with Gasteiger partial charge in [-0.05, 0) is 55.7 Å². The van der Waals surface area contributed by atoms with Crippen LogP contribution in [0.2, 0.25) is 0 Å². The zero-order valence-corrected chi connectivity index (χ0v) is 16.0. The van der Waals surface area contributed by atoms with Crippen molar-refractivity contribution >= 4 is 23.1 Å². The van der Waals surface area contributed by atoms with Crippen LogP contribution in [-0.4, -0.2) is 33.7 Å². The number of nitrogens with one attached hydrogen (secondary N) is 2. The van der Waals surface area contributed by atoms with Crippen molar-refractivity contribution in [2.24, 2.45) is 0 Å². The van der Waals surface area contributed by atoms with Crippen LogP contribution < -0.4 is 10.6 Å². The number of alkyl halides is 3. The smallest absolute Gasteiger partial charge is 0.370 e. The SMILES string of the molecule is CC1=CC=C(c2cnn(C3CC3)c2)NC1C(=O)Nc1ccc(C(=O)C(F)(F)F)cc1. The Hall–Kier alpha value is -3.36. The van der Waals surface area contributed by atoms with Gasteiger partial charge in [0.15, 0.2) is 0 Å². The molecule has 0 radical (unpaired) electrons. The molecular weight excluding hydrogens is 397 g/mol. The molecule has 156 valence electrons. The standard InChI is InChI=1S/C21H19F3N4O2/c1-12-2-9-17(14-10-25-28(11-14)16-7-8-16)27-18(12)20(30)26-15-5-3-13(4-6-15)19(29)21(22,23)24/h2-6,9-11,16,18,27H,7-8H2,1H3,(H,26,30). The molecule has 1 atom stereocenters. The predicted molar refractivity (Wildman–Crippen MR) is 105 cm³/mol. The van der Waals surface area contributed by atoms with E-state index in [1.165, 1.54) is 12.1 Å². The number of nitrogens with zero attached hydrogens (tertiary/aromatic N) is 2. The number of halogens is 3. The molecule has 1 aromatic carbocycles. The number of allylic oxidation sites excluding steroid dienone is 2. The molecule has 0 spiro atoms. The van der Waals surface area contributed by atoms with E-state index in [-0.39, 0.29) is 5.91 Å². The van der Waals surface area contributed by atoms with E-state index in [1.807, 2.05) is 30.0 Å². The number of ketones is 1. The van der Waals surface area contributed by atoms with Crippen LogP contribution in [-0.2, 0) is 4.79 Å². The van der Waals surface area contributed by atoms with Gasteiger partial charge in [0.2, 0.25) is 0 Å². The van der Waals surface area contributed by atoms with Gasteiger partial charge in [0.25, 0.3) is 11.7 Å². The second-order valence-corrected chi connectivity index (χ2v) is 7.40. The number of rotatable bonds is 5. The van der Waals surface area contributed by atoms with Gasteiger partial charge in [-0.15, -0.1) is 0 Å². The second kappa shape index (κ2) is 7.47. The van der Waals surface area contributed by atoms with Crippen LogP contribution in [0.5, 0.6) is 0 Å². The van der Waals surface area contributed by atoms with Crippen molar-refractivity contribution in [2.75, 3.05) is 5.32 Å². The van der Waals surface area contributed by atoms with Crippen molar-refractivity contribution in [1.29, 1.82) is 0 Å². The van der Waals surface area contributed by atoms with E-state index in [9.17, 15) is 22.8 Å². The van der Waals surface area contributed by atoms with Crippen LogP contribution in [0.3, 0.4) is 0 Å². The maximum absolute atomic E-state index is 12.7. The summed E-state index contributed by atoms with van der Waals surface area (Å²) in [6.45, 7) is 1.81. The molecule has 2 heterocycles. The minimum Gasteiger partial charge on any atom is -0.370 e. The van der Waals surface area contributed by atoms with Crippen LogP contribution in [0, 0.1) is 0 Å². The third-order valence-electron chi connectivity index (χ3n) is 5.04. The molecule has 1 unspecified atom stereocenters. The summed E-state index contributed by atoms with van der Waals surface area (Å²) in [5.74, 6) is -2.28. The Morgan fingerprint density at radius 1 is 1.17 bits per heavy atom. The van der Waals surface area contributed by atoms with E-state index in [0.29, 0.717) is 11.7 Å². The molecule has 2 aliphatic rings. The zero-order chi connectivity index (χ0) is 21.5. The van der Waals surface area contributed by atoms with Crippen molar-refractivity contribution in [3.05, 3.63) is 65.5 Å². The number of benzene rings is 1. The second-order valence-electron chi connectivity index (χ2n) is 7.40. The number of Topliss-reactive ketones (excluding diaryl/α,β-unsaturated/α-hetero) is 1. The Bertz CT molecular complexity index is 1050. The molecular formula is C21H19F3N4O2. The number of carbonyl (C=O) groups excluding carboxylic acids is 2. The number of hydrogen-bond donors (Lipinski definition) is 2. The van der Waals surface area contributed by atoms with Gasteiger partial charge in [-0.3, -0.25) is 14.3 Å². The molecule has 9 heteroatoms. The van der Waals surface area contributed by atoms with Crippen molar-refractivity contribution in [3.63, 3.8) is 0 Å². The summed E-state index contributed by atoms with van der Waals surface area (Å²) in [5.41, 5.74) is 2.24. The fraction of sp³-hybridized carbons (Fsp3) is 0.286. The quantitative estimate of drug-likeness (QED) is 0.726. The summed E-state index contributed by atoms with van der Waals surface area (Å²) >= 11 is 0. The number of dihydropyridines is 1. The monoisotopic (exact) mass is 416 g/mol. The summed E-state index contributed by atoms with van der Waals surface area (Å²) in [6.07, 6.45) is 4.71. The Morgan fingerprint density at radius 3 is 2.50 bits per heavy atom. The Balaban J connectivity index is 1.43. The normalized spacial score (nSPS) is 18.9. The molecule has 6 nitrogen and oxygen atoms in total. The van der Waals surface area contributed by atoms with Gasteiger partial charge in [0.1, 0.15) is 6.04 Å². The topological polar surface area (TPSA) is 76.0 Å². The van der Waals surface area contributed by atoms with Crippen LogP contribution in [0.1, 0.15) is 41.7 Å². The third-order valence-corrected chi connectivity index (χ3v) is 5.04. The highest BCUT2D eigenvalue weighted by Crippen LogP contribution is 2.34. The maximum Gasteiger partial charge on any atom is 0.454 e. The van der Waals surface area contributed by atoms with Gasteiger partial charge in [-0.25, -0.2) is 0 Å². The van der Waals surface area contributed by atoms with Gasteiger partial charge in [-0.2, -0.15) is 18.3 Å². The van der Waals surface area contributed by atoms with Gasteiger partial charge < -0.3 is 10.6 Å². The molecule has 1 saturated carbocycles. The van der Waals surface area contributed by atoms with Gasteiger partial charge in [-0.1, -0.05) is 6.08 Å². The summed E-state index contributed by atoms with van der Waals surface area (Å²) in [4.78, 5) is 24.0. The van der Waals surface area contributed by atoms with Gasteiger partial charge >= 0.3 is 6.18 Å². The zero-order valence-electron chi connectivity index (χ0n) is 16.0. The lowest BCUT2D eigenvalue weighted by atomic mass is 10.0. The van der Waals surface area contributed by atoms with E-state index >= 15 is 0 Å². The molecule has 1 aliphatic heterocycles. The molecule has 1 aromatic heterocycles. The molecule has 1 aliphatic carbocycles. The molecule has 2 N–H and O–H groups in total. The number of anilines is 1. The molecule has 0 bridgehead atoms. The Labute approximate surface area is 170 Å². The summed E-state index contributed by atoms with van der Waals surface area (Å²) in [7, 11) is 0.